The molecule has 0 aliphatic heterocycles. The highest BCUT2D eigenvalue weighted by molar-refractivity contribution is 6.06. The number of furan rings is 1. The van der Waals surface area contributed by atoms with Gasteiger partial charge in [0, 0.05) is 33.8 Å². The van der Waals surface area contributed by atoms with Crippen LogP contribution in [0.2, 0.25) is 0 Å². The summed E-state index contributed by atoms with van der Waals surface area (Å²) in [7, 11) is 0. The molecule has 3 aromatic carbocycles. The Balaban J connectivity index is 1.66. The fourth-order valence-corrected chi connectivity index (χ4v) is 4.37. The van der Waals surface area contributed by atoms with Crippen LogP contribution in [0.1, 0.15) is 50.3 Å². The highest BCUT2D eigenvalue weighted by Gasteiger charge is 2.19. The molecule has 0 saturated carbocycles. The second kappa shape index (κ2) is 11.1. The molecule has 0 radical (unpaired) electrons. The third-order valence-electron chi connectivity index (χ3n) is 6.23. The number of rotatable bonds is 9. The van der Waals surface area contributed by atoms with Crippen LogP contribution in [-0.2, 0) is 11.2 Å². The Labute approximate surface area is 207 Å². The van der Waals surface area contributed by atoms with Gasteiger partial charge in [0.25, 0.3) is 0 Å². The Kier molecular flexibility index (Phi) is 7.71. The lowest BCUT2D eigenvalue weighted by atomic mass is 9.96. The van der Waals surface area contributed by atoms with Crippen molar-refractivity contribution < 1.29 is 13.9 Å². The molecule has 0 atom stereocenters. The van der Waals surface area contributed by atoms with Gasteiger partial charge in [-0.05, 0) is 68.5 Å². The predicted molar refractivity (Wildman–Crippen MR) is 145 cm³/mol. The molecule has 1 heterocycles. The third-order valence-corrected chi connectivity index (χ3v) is 6.23. The number of benzene rings is 3. The third kappa shape index (κ3) is 5.48. The second-order valence-electron chi connectivity index (χ2n) is 8.82. The van der Waals surface area contributed by atoms with E-state index >= 15 is 0 Å². The van der Waals surface area contributed by atoms with E-state index < -0.39 is 0 Å². The highest BCUT2D eigenvalue weighted by Crippen LogP contribution is 2.40. The highest BCUT2D eigenvalue weighted by atomic mass is 16.5. The number of hydrogen-bond acceptors (Lipinski definition) is 3. The number of fused-ring (bicyclic) bond motifs is 1. The summed E-state index contributed by atoms with van der Waals surface area (Å²) in [5, 5.41) is 3.99. The van der Waals surface area contributed by atoms with Gasteiger partial charge in [0.05, 0.1) is 12.9 Å². The first kappa shape index (κ1) is 24.3. The maximum Gasteiger partial charge on any atom is 0.248 e. The second-order valence-corrected chi connectivity index (χ2v) is 8.82. The fourth-order valence-electron chi connectivity index (χ4n) is 4.37. The molecule has 0 aliphatic carbocycles. The number of carbonyl (C=O) groups excluding carboxylic acids is 1. The van der Waals surface area contributed by atoms with Crippen LogP contribution in [0, 0.1) is 6.92 Å². The lowest BCUT2D eigenvalue weighted by Gasteiger charge is -2.15. The minimum atomic E-state index is -0.167. The first-order valence-electron chi connectivity index (χ1n) is 12.3. The minimum Gasteiger partial charge on any atom is -0.493 e. The van der Waals surface area contributed by atoms with Gasteiger partial charge in [-0.2, -0.15) is 0 Å². The smallest absolute Gasteiger partial charge is 0.248 e. The Bertz CT molecular complexity index is 1330. The largest absolute Gasteiger partial charge is 0.493 e. The number of unbranched alkanes of at least 4 members (excludes halogenated alkanes) is 1. The summed E-state index contributed by atoms with van der Waals surface area (Å²) >= 11 is 0. The van der Waals surface area contributed by atoms with Crippen molar-refractivity contribution in [3.8, 4) is 16.9 Å². The van der Waals surface area contributed by atoms with E-state index in [4.69, 9.17) is 9.15 Å². The average Bonchev–Trinajstić information content (AvgIpc) is 3.30. The van der Waals surface area contributed by atoms with Crippen molar-refractivity contribution in [1.82, 2.24) is 0 Å². The van der Waals surface area contributed by atoms with Crippen molar-refractivity contribution in [3.63, 3.8) is 0 Å². The van der Waals surface area contributed by atoms with Crippen molar-refractivity contribution >= 4 is 28.1 Å². The van der Waals surface area contributed by atoms with Gasteiger partial charge in [0.2, 0.25) is 5.91 Å². The van der Waals surface area contributed by atoms with Crippen molar-refractivity contribution in [2.45, 2.75) is 47.0 Å². The SMILES string of the molecule is CCCCc1ccc(NC(=O)/C=C(\C)c2cc3c(-c4ccccc4)coc3c(C)c2OCC)cc1. The first-order chi connectivity index (χ1) is 17.0. The molecule has 4 heteroatoms. The van der Waals surface area contributed by atoms with Gasteiger partial charge in [-0.1, -0.05) is 55.8 Å². The Hall–Kier alpha value is -3.79. The van der Waals surface area contributed by atoms with Crippen molar-refractivity contribution in [2.75, 3.05) is 11.9 Å². The molecule has 4 rings (SSSR count). The zero-order valence-corrected chi connectivity index (χ0v) is 21.0. The molecule has 1 N–H and O–H groups in total. The van der Waals surface area contributed by atoms with E-state index in [2.05, 4.69) is 42.6 Å². The van der Waals surface area contributed by atoms with Crippen LogP contribution in [0.15, 0.2) is 77.4 Å². The van der Waals surface area contributed by atoms with Crippen LogP contribution in [0.5, 0.6) is 5.75 Å². The van der Waals surface area contributed by atoms with E-state index in [9.17, 15) is 4.79 Å². The van der Waals surface area contributed by atoms with Gasteiger partial charge >= 0.3 is 0 Å². The first-order valence-corrected chi connectivity index (χ1v) is 12.3. The molecule has 0 bridgehead atoms. The summed E-state index contributed by atoms with van der Waals surface area (Å²) in [5.41, 5.74) is 7.63. The van der Waals surface area contributed by atoms with Crippen molar-refractivity contribution in [1.29, 1.82) is 0 Å². The summed E-state index contributed by atoms with van der Waals surface area (Å²) in [5.74, 6) is 0.579. The zero-order chi connectivity index (χ0) is 24.8. The van der Waals surface area contributed by atoms with Crippen LogP contribution in [0.3, 0.4) is 0 Å². The van der Waals surface area contributed by atoms with Gasteiger partial charge < -0.3 is 14.5 Å². The molecule has 0 fully saturated rings. The van der Waals surface area contributed by atoms with E-state index in [-0.39, 0.29) is 5.91 Å². The summed E-state index contributed by atoms with van der Waals surface area (Å²) in [6.45, 7) is 8.62. The van der Waals surface area contributed by atoms with Gasteiger partial charge in [-0.3, -0.25) is 4.79 Å². The van der Waals surface area contributed by atoms with E-state index in [0.29, 0.717) is 6.61 Å². The topological polar surface area (TPSA) is 51.5 Å². The maximum atomic E-state index is 12.9. The quantitative estimate of drug-likeness (QED) is 0.252. The number of amides is 1. The van der Waals surface area contributed by atoms with Crippen LogP contribution in [-0.4, -0.2) is 12.5 Å². The summed E-state index contributed by atoms with van der Waals surface area (Å²) in [6.07, 6.45) is 6.83. The molecular formula is C31H33NO3. The molecule has 4 nitrogen and oxygen atoms in total. The maximum absolute atomic E-state index is 12.9. The van der Waals surface area contributed by atoms with E-state index in [0.717, 1.165) is 56.7 Å². The summed E-state index contributed by atoms with van der Waals surface area (Å²) < 4.78 is 12.0. The zero-order valence-electron chi connectivity index (χ0n) is 21.0. The summed E-state index contributed by atoms with van der Waals surface area (Å²) in [6, 6.07) is 20.3. The van der Waals surface area contributed by atoms with E-state index in [1.165, 1.54) is 18.4 Å². The van der Waals surface area contributed by atoms with Gasteiger partial charge in [-0.15, -0.1) is 0 Å². The van der Waals surface area contributed by atoms with Crippen LogP contribution in [0.25, 0.3) is 27.7 Å². The standard InChI is InChI=1S/C31H33NO3/c1-5-7-11-23-14-16-25(17-15-23)32-29(33)18-21(3)26-19-27-28(24-12-9-8-10-13-24)20-35-31(27)22(4)30(26)34-6-2/h8-10,12-20H,5-7,11H2,1-4H3,(H,32,33)/b21-18+. The minimum absolute atomic E-state index is 0.167. The molecule has 0 spiro atoms. The van der Waals surface area contributed by atoms with Crippen molar-refractivity contribution in [3.05, 3.63) is 89.7 Å². The Morgan fingerprint density at radius 2 is 1.80 bits per heavy atom. The predicted octanol–water partition coefficient (Wildman–Crippen LogP) is 8.19. The van der Waals surface area contributed by atoms with Gasteiger partial charge in [-0.25, -0.2) is 0 Å². The van der Waals surface area contributed by atoms with Crippen LogP contribution in [0.4, 0.5) is 5.69 Å². The molecular weight excluding hydrogens is 434 g/mol. The Morgan fingerprint density at radius 3 is 2.49 bits per heavy atom. The van der Waals surface area contributed by atoms with E-state index in [1.807, 2.05) is 51.1 Å². The van der Waals surface area contributed by atoms with Gasteiger partial charge in [0.1, 0.15) is 11.3 Å². The van der Waals surface area contributed by atoms with Crippen molar-refractivity contribution in [2.24, 2.45) is 0 Å². The monoisotopic (exact) mass is 467 g/mol. The molecule has 0 unspecified atom stereocenters. The molecule has 1 aromatic heterocycles. The normalized spacial score (nSPS) is 11.6. The van der Waals surface area contributed by atoms with E-state index in [1.54, 1.807) is 12.3 Å². The molecule has 0 saturated heterocycles. The number of ether oxygens (including phenoxy) is 1. The molecule has 180 valence electrons. The number of nitrogens with one attached hydrogen (secondary N) is 1. The number of hydrogen-bond donors (Lipinski definition) is 1. The lowest BCUT2D eigenvalue weighted by Crippen LogP contribution is -2.09. The number of anilines is 1. The average molecular weight is 468 g/mol. The molecule has 35 heavy (non-hydrogen) atoms. The number of allylic oxidation sites excluding steroid dienone is 1. The summed E-state index contributed by atoms with van der Waals surface area (Å²) in [4.78, 5) is 12.9. The number of aryl methyl sites for hydroxylation is 2. The molecule has 4 aromatic rings. The number of carbonyl (C=O) groups is 1. The lowest BCUT2D eigenvalue weighted by molar-refractivity contribution is -0.111. The molecule has 1 amide bonds. The van der Waals surface area contributed by atoms with Crippen LogP contribution >= 0.6 is 0 Å². The fraction of sp³-hybridized carbons (Fsp3) is 0.258. The van der Waals surface area contributed by atoms with Crippen LogP contribution < -0.4 is 10.1 Å². The van der Waals surface area contributed by atoms with Gasteiger partial charge in [0.15, 0.2) is 0 Å². The molecule has 0 aliphatic rings. The Morgan fingerprint density at radius 1 is 1.06 bits per heavy atom.